The molecule has 2 aromatic rings. The van der Waals surface area contributed by atoms with Crippen LogP contribution in [-0.4, -0.2) is 53.1 Å². The maximum Gasteiger partial charge on any atom is 0.264 e. The maximum atomic E-state index is 14.3. The first-order chi connectivity index (χ1) is 15.0. The van der Waals surface area contributed by atoms with Gasteiger partial charge in [-0.15, -0.1) is 0 Å². The molecule has 0 bridgehead atoms. The number of hydrogen-bond donors (Lipinski definition) is 0. The maximum absolute atomic E-state index is 14.3. The largest absolute Gasteiger partial charge is 0.490 e. The van der Waals surface area contributed by atoms with Gasteiger partial charge in [-0.3, -0.25) is 4.31 Å². The number of anilines is 1. The number of halogens is 2. The van der Waals surface area contributed by atoms with Crippen molar-refractivity contribution in [2.45, 2.75) is 37.2 Å². The van der Waals surface area contributed by atoms with Crippen LogP contribution in [-0.2, 0) is 20.0 Å². The second-order valence-electron chi connectivity index (χ2n) is 7.60. The second kappa shape index (κ2) is 9.72. The molecule has 0 saturated carbocycles. The normalized spacial score (nSPS) is 16.1. The van der Waals surface area contributed by atoms with Crippen LogP contribution in [0.3, 0.4) is 0 Å². The Bertz CT molecular complexity index is 1150. The Morgan fingerprint density at radius 2 is 1.66 bits per heavy atom. The van der Waals surface area contributed by atoms with Crippen LogP contribution in [0.1, 0.15) is 26.2 Å². The Labute approximate surface area is 187 Å². The zero-order chi connectivity index (χ0) is 23.5. The lowest BCUT2D eigenvalue weighted by Gasteiger charge is -2.30. The zero-order valence-electron chi connectivity index (χ0n) is 17.9. The molecule has 1 heterocycles. The van der Waals surface area contributed by atoms with Crippen LogP contribution in [0.15, 0.2) is 47.4 Å². The number of rotatable bonds is 8. The minimum absolute atomic E-state index is 0.0140. The van der Waals surface area contributed by atoms with Crippen molar-refractivity contribution in [3.63, 3.8) is 0 Å². The summed E-state index contributed by atoms with van der Waals surface area (Å²) in [6.45, 7) is 2.45. The van der Waals surface area contributed by atoms with E-state index in [9.17, 15) is 25.6 Å². The standard InChI is InChI=1S/C21H26F2N2O5S2/c1-3-13-25(20-6-4-5-19(22)21(20)23)32(28,29)18-9-7-16(8-10-18)30-17-11-14-24(15-12-17)31(2,26)27/h4-10,17H,3,11-15H2,1-2H3. The summed E-state index contributed by atoms with van der Waals surface area (Å²) in [7, 11) is -7.36. The lowest BCUT2D eigenvalue weighted by Crippen LogP contribution is -2.41. The van der Waals surface area contributed by atoms with Crippen molar-refractivity contribution in [3.05, 3.63) is 54.1 Å². The third-order valence-corrected chi connectivity index (χ3v) is 8.34. The van der Waals surface area contributed by atoms with E-state index in [1.54, 1.807) is 6.92 Å². The highest BCUT2D eigenvalue weighted by Gasteiger charge is 2.29. The van der Waals surface area contributed by atoms with Crippen molar-refractivity contribution in [3.8, 4) is 5.75 Å². The first-order valence-electron chi connectivity index (χ1n) is 10.2. The molecule has 3 rings (SSSR count). The van der Waals surface area contributed by atoms with Crippen LogP contribution in [0.2, 0.25) is 0 Å². The van der Waals surface area contributed by atoms with Crippen LogP contribution in [0, 0.1) is 11.6 Å². The van der Waals surface area contributed by atoms with Crippen molar-refractivity contribution < 1.29 is 30.4 Å². The molecule has 1 aliphatic rings. The summed E-state index contributed by atoms with van der Waals surface area (Å²) in [5.41, 5.74) is -0.343. The molecule has 0 amide bonds. The van der Waals surface area contributed by atoms with E-state index in [1.165, 1.54) is 47.0 Å². The molecule has 7 nitrogen and oxygen atoms in total. The molecule has 0 unspecified atom stereocenters. The Hall–Kier alpha value is -2.24. The quantitative estimate of drug-likeness (QED) is 0.569. The van der Waals surface area contributed by atoms with Crippen LogP contribution >= 0.6 is 0 Å². The fourth-order valence-electron chi connectivity index (χ4n) is 3.55. The molecule has 176 valence electrons. The van der Waals surface area contributed by atoms with E-state index in [4.69, 9.17) is 4.74 Å². The molecule has 11 heteroatoms. The number of hydrogen-bond acceptors (Lipinski definition) is 5. The highest BCUT2D eigenvalue weighted by Crippen LogP contribution is 2.29. The summed E-state index contributed by atoms with van der Waals surface area (Å²) in [6.07, 6.45) is 2.44. The molecule has 1 fully saturated rings. The molecule has 0 aromatic heterocycles. The van der Waals surface area contributed by atoms with E-state index in [2.05, 4.69) is 0 Å². The Morgan fingerprint density at radius 1 is 1.03 bits per heavy atom. The van der Waals surface area contributed by atoms with Crippen LogP contribution in [0.4, 0.5) is 14.5 Å². The fraction of sp³-hybridized carbons (Fsp3) is 0.429. The number of sulfonamides is 2. The van der Waals surface area contributed by atoms with E-state index in [-0.39, 0.29) is 23.2 Å². The summed E-state index contributed by atoms with van der Waals surface area (Å²) in [5, 5.41) is 0. The average Bonchev–Trinajstić information content (AvgIpc) is 2.74. The third-order valence-electron chi connectivity index (χ3n) is 5.21. The van der Waals surface area contributed by atoms with Gasteiger partial charge >= 0.3 is 0 Å². The van der Waals surface area contributed by atoms with Crippen molar-refractivity contribution in [1.82, 2.24) is 4.31 Å². The third kappa shape index (κ3) is 5.38. The van der Waals surface area contributed by atoms with Crippen molar-refractivity contribution in [1.29, 1.82) is 0 Å². The summed E-state index contributed by atoms with van der Waals surface area (Å²) in [4.78, 5) is -0.0751. The fourth-order valence-corrected chi connectivity index (χ4v) is 5.98. The number of benzene rings is 2. The van der Waals surface area contributed by atoms with Crippen LogP contribution < -0.4 is 9.04 Å². The van der Waals surface area contributed by atoms with Gasteiger partial charge in [0.05, 0.1) is 16.8 Å². The van der Waals surface area contributed by atoms with Gasteiger partial charge in [-0.2, -0.15) is 0 Å². The van der Waals surface area contributed by atoms with E-state index < -0.39 is 31.7 Å². The van der Waals surface area contributed by atoms with E-state index in [0.717, 1.165) is 10.4 Å². The van der Waals surface area contributed by atoms with Gasteiger partial charge in [0.2, 0.25) is 10.0 Å². The van der Waals surface area contributed by atoms with E-state index >= 15 is 0 Å². The van der Waals surface area contributed by atoms with Gasteiger partial charge in [0.1, 0.15) is 11.9 Å². The summed E-state index contributed by atoms with van der Waals surface area (Å²) in [6, 6.07) is 9.14. The predicted molar refractivity (Wildman–Crippen MR) is 118 cm³/mol. The lowest BCUT2D eigenvalue weighted by atomic mass is 10.1. The molecular formula is C21H26F2N2O5S2. The molecule has 0 aliphatic carbocycles. The van der Waals surface area contributed by atoms with Gasteiger partial charge in [-0.1, -0.05) is 13.0 Å². The van der Waals surface area contributed by atoms with Gasteiger partial charge in [0, 0.05) is 19.6 Å². The Balaban J connectivity index is 1.76. The number of nitrogens with zero attached hydrogens (tertiary/aromatic N) is 2. The molecular weight excluding hydrogens is 462 g/mol. The number of piperidine rings is 1. The Morgan fingerprint density at radius 3 is 2.22 bits per heavy atom. The van der Waals surface area contributed by atoms with Crippen LogP contribution in [0.25, 0.3) is 0 Å². The van der Waals surface area contributed by atoms with Gasteiger partial charge in [-0.05, 0) is 55.7 Å². The van der Waals surface area contributed by atoms with Crippen molar-refractivity contribution in [2.75, 3.05) is 30.2 Å². The van der Waals surface area contributed by atoms with E-state index in [1.807, 2.05) is 0 Å². The predicted octanol–water partition coefficient (Wildman–Crippen LogP) is 3.37. The smallest absolute Gasteiger partial charge is 0.264 e. The highest BCUT2D eigenvalue weighted by molar-refractivity contribution is 7.92. The second-order valence-corrected chi connectivity index (χ2v) is 11.4. The monoisotopic (exact) mass is 488 g/mol. The van der Waals surface area contributed by atoms with Gasteiger partial charge in [-0.25, -0.2) is 29.9 Å². The highest BCUT2D eigenvalue weighted by atomic mass is 32.2. The molecule has 0 N–H and O–H groups in total. The van der Waals surface area contributed by atoms with Gasteiger partial charge in [0.25, 0.3) is 10.0 Å². The SMILES string of the molecule is CCCN(c1cccc(F)c1F)S(=O)(=O)c1ccc(OC2CCN(S(C)(=O)=O)CC2)cc1. The molecule has 0 spiro atoms. The summed E-state index contributed by atoms with van der Waals surface area (Å²) >= 11 is 0. The molecule has 0 radical (unpaired) electrons. The molecule has 2 aromatic carbocycles. The molecule has 1 saturated heterocycles. The minimum atomic E-state index is -4.13. The van der Waals surface area contributed by atoms with Gasteiger partial charge < -0.3 is 4.74 Å². The summed E-state index contributed by atoms with van der Waals surface area (Å²) < 4.78 is 85.6. The summed E-state index contributed by atoms with van der Waals surface area (Å²) in [5.74, 6) is -1.89. The Kier molecular flexibility index (Phi) is 7.41. The van der Waals surface area contributed by atoms with Gasteiger partial charge in [0.15, 0.2) is 11.6 Å². The average molecular weight is 489 g/mol. The first kappa shape index (κ1) is 24.4. The molecule has 0 atom stereocenters. The van der Waals surface area contributed by atoms with E-state index in [0.29, 0.717) is 38.1 Å². The molecule has 1 aliphatic heterocycles. The lowest BCUT2D eigenvalue weighted by molar-refractivity contribution is 0.135. The number of ether oxygens (including phenoxy) is 1. The topological polar surface area (TPSA) is 84.0 Å². The van der Waals surface area contributed by atoms with Crippen LogP contribution in [0.5, 0.6) is 5.75 Å². The molecule has 32 heavy (non-hydrogen) atoms. The van der Waals surface area contributed by atoms with Crippen molar-refractivity contribution >= 4 is 25.7 Å². The van der Waals surface area contributed by atoms with Crippen molar-refractivity contribution in [2.24, 2.45) is 0 Å². The zero-order valence-corrected chi connectivity index (χ0v) is 19.5. The minimum Gasteiger partial charge on any atom is -0.490 e. The first-order valence-corrected chi connectivity index (χ1v) is 13.5.